The van der Waals surface area contributed by atoms with Crippen LogP contribution in [0.15, 0.2) is 16.6 Å². The van der Waals surface area contributed by atoms with Gasteiger partial charge in [0.25, 0.3) is 0 Å². The first-order valence-corrected chi connectivity index (χ1v) is 8.88. The lowest BCUT2D eigenvalue weighted by Gasteiger charge is -2.40. The summed E-state index contributed by atoms with van der Waals surface area (Å²) in [6, 6.07) is 4.13. The van der Waals surface area contributed by atoms with Gasteiger partial charge in [-0.05, 0) is 59.3 Å². The highest BCUT2D eigenvalue weighted by Gasteiger charge is 2.28. The molecule has 0 aromatic heterocycles. The molecule has 1 heterocycles. The van der Waals surface area contributed by atoms with E-state index < -0.39 is 0 Å². The molecule has 2 nitrogen and oxygen atoms in total. The zero-order valence-corrected chi connectivity index (χ0v) is 14.3. The van der Waals surface area contributed by atoms with Crippen molar-refractivity contribution in [3.8, 4) is 0 Å². The molecule has 1 N–H and O–H groups in total. The Hall–Kier alpha value is -0.610. The van der Waals surface area contributed by atoms with Crippen LogP contribution in [0.5, 0.6) is 0 Å². The average molecular weight is 355 g/mol. The second-order valence-electron chi connectivity index (χ2n) is 6.46. The molecule has 1 saturated carbocycles. The van der Waals surface area contributed by atoms with E-state index in [0.717, 1.165) is 36.8 Å². The topological polar surface area (TPSA) is 15.3 Å². The Labute approximate surface area is 135 Å². The molecule has 116 valence electrons. The van der Waals surface area contributed by atoms with E-state index in [1.165, 1.54) is 32.1 Å². The molecule has 1 aliphatic carbocycles. The lowest BCUT2D eigenvalue weighted by atomic mass is 9.83. The fourth-order valence-corrected chi connectivity index (χ4v) is 4.28. The Bertz CT molecular complexity index is 500. The smallest absolute Gasteiger partial charge is 0.139 e. The molecule has 0 bridgehead atoms. The van der Waals surface area contributed by atoms with Crippen LogP contribution in [0, 0.1) is 18.7 Å². The number of nitrogens with one attached hydrogen (secondary N) is 1. The maximum Gasteiger partial charge on any atom is 0.139 e. The predicted molar refractivity (Wildman–Crippen MR) is 89.4 cm³/mol. The summed E-state index contributed by atoms with van der Waals surface area (Å²) >= 11 is 3.27. The number of nitrogens with zero attached hydrogens (tertiary/aromatic N) is 1. The van der Waals surface area contributed by atoms with Crippen LogP contribution in [-0.2, 0) is 0 Å². The van der Waals surface area contributed by atoms with Crippen molar-refractivity contribution in [2.45, 2.75) is 45.1 Å². The molecule has 1 aromatic carbocycles. The number of anilines is 1. The van der Waals surface area contributed by atoms with Crippen LogP contribution in [0.1, 0.15) is 37.7 Å². The van der Waals surface area contributed by atoms with Crippen molar-refractivity contribution in [2.75, 3.05) is 24.5 Å². The summed E-state index contributed by atoms with van der Waals surface area (Å²) in [6.07, 6.45) is 6.83. The zero-order valence-electron chi connectivity index (χ0n) is 12.7. The zero-order chi connectivity index (χ0) is 14.8. The van der Waals surface area contributed by atoms with E-state index in [9.17, 15) is 4.39 Å². The number of hydrogen-bond donors (Lipinski definition) is 1. The maximum absolute atomic E-state index is 13.9. The van der Waals surface area contributed by atoms with Crippen molar-refractivity contribution < 1.29 is 4.39 Å². The van der Waals surface area contributed by atoms with Gasteiger partial charge >= 0.3 is 0 Å². The van der Waals surface area contributed by atoms with E-state index in [4.69, 9.17) is 0 Å². The average Bonchev–Trinajstić information content (AvgIpc) is 2.52. The fraction of sp³-hybridized carbons (Fsp3) is 0.647. The highest BCUT2D eigenvalue weighted by molar-refractivity contribution is 9.10. The molecule has 0 amide bonds. The van der Waals surface area contributed by atoms with E-state index >= 15 is 0 Å². The Kier molecular flexibility index (Phi) is 4.85. The second kappa shape index (κ2) is 6.66. The third kappa shape index (κ3) is 3.42. The number of benzene rings is 1. The number of aryl methyl sites for hydroxylation is 1. The number of piperazine rings is 1. The van der Waals surface area contributed by atoms with Gasteiger partial charge in [0.15, 0.2) is 0 Å². The van der Waals surface area contributed by atoms with Gasteiger partial charge in [-0.3, -0.25) is 0 Å². The molecule has 2 fully saturated rings. The van der Waals surface area contributed by atoms with E-state index in [0.29, 0.717) is 10.5 Å². The third-order valence-corrected chi connectivity index (χ3v) is 5.61. The standard InChI is InChI=1S/C17H24BrFN2/c1-12-9-14(18)15(19)10-17(12)21-8-7-20-16(11-21)13-5-3-2-4-6-13/h9-10,13,16,20H,2-8,11H2,1H3. The first-order chi connectivity index (χ1) is 10.1. The van der Waals surface area contributed by atoms with Gasteiger partial charge in [-0.15, -0.1) is 0 Å². The number of rotatable bonds is 2. The Balaban J connectivity index is 1.75. The van der Waals surface area contributed by atoms with Gasteiger partial charge in [-0.2, -0.15) is 0 Å². The second-order valence-corrected chi connectivity index (χ2v) is 7.31. The van der Waals surface area contributed by atoms with Crippen molar-refractivity contribution in [1.82, 2.24) is 5.32 Å². The van der Waals surface area contributed by atoms with Gasteiger partial charge in [-0.25, -0.2) is 4.39 Å². The fourth-order valence-electron chi connectivity index (χ4n) is 3.83. The molecule has 4 heteroatoms. The summed E-state index contributed by atoms with van der Waals surface area (Å²) < 4.78 is 14.4. The molecule has 1 aromatic rings. The van der Waals surface area contributed by atoms with Crippen molar-refractivity contribution >= 4 is 21.6 Å². The molecule has 1 atom stereocenters. The Morgan fingerprint density at radius 2 is 2.00 bits per heavy atom. The molecule has 0 spiro atoms. The summed E-state index contributed by atoms with van der Waals surface area (Å²) in [5, 5.41) is 3.69. The highest BCUT2D eigenvalue weighted by atomic mass is 79.9. The minimum atomic E-state index is -0.164. The lowest BCUT2D eigenvalue weighted by Crippen LogP contribution is -2.54. The third-order valence-electron chi connectivity index (χ3n) is 5.00. The molecule has 2 aliphatic rings. The van der Waals surface area contributed by atoms with E-state index in [1.54, 1.807) is 6.07 Å². The van der Waals surface area contributed by atoms with Crippen LogP contribution in [0.4, 0.5) is 10.1 Å². The van der Waals surface area contributed by atoms with Crippen LogP contribution < -0.4 is 10.2 Å². The summed E-state index contributed by atoms with van der Waals surface area (Å²) in [7, 11) is 0. The minimum absolute atomic E-state index is 0.164. The molecule has 3 rings (SSSR count). The maximum atomic E-state index is 13.9. The lowest BCUT2D eigenvalue weighted by molar-refractivity contribution is 0.257. The Morgan fingerprint density at radius 3 is 2.76 bits per heavy atom. The van der Waals surface area contributed by atoms with Gasteiger partial charge < -0.3 is 10.2 Å². The molecular formula is C17H24BrFN2. The van der Waals surface area contributed by atoms with Crippen LogP contribution in [-0.4, -0.2) is 25.7 Å². The molecular weight excluding hydrogens is 331 g/mol. The van der Waals surface area contributed by atoms with Gasteiger partial charge in [0.05, 0.1) is 4.47 Å². The van der Waals surface area contributed by atoms with E-state index in [-0.39, 0.29) is 5.82 Å². The predicted octanol–water partition coefficient (Wildman–Crippen LogP) is 4.26. The molecule has 0 radical (unpaired) electrons. The SMILES string of the molecule is Cc1cc(Br)c(F)cc1N1CCNC(C2CCCCC2)C1. The first-order valence-electron chi connectivity index (χ1n) is 8.09. The summed E-state index contributed by atoms with van der Waals surface area (Å²) in [6.45, 7) is 5.03. The Morgan fingerprint density at radius 1 is 1.24 bits per heavy atom. The van der Waals surface area contributed by atoms with Crippen molar-refractivity contribution in [2.24, 2.45) is 5.92 Å². The molecule has 21 heavy (non-hydrogen) atoms. The van der Waals surface area contributed by atoms with Gasteiger partial charge in [0, 0.05) is 31.4 Å². The van der Waals surface area contributed by atoms with Crippen LogP contribution in [0.2, 0.25) is 0 Å². The normalized spacial score (nSPS) is 24.3. The van der Waals surface area contributed by atoms with Gasteiger partial charge in [0.2, 0.25) is 0 Å². The highest BCUT2D eigenvalue weighted by Crippen LogP contribution is 2.31. The van der Waals surface area contributed by atoms with Crippen molar-refractivity contribution in [3.63, 3.8) is 0 Å². The molecule has 1 saturated heterocycles. The number of hydrogen-bond acceptors (Lipinski definition) is 2. The van der Waals surface area contributed by atoms with Crippen molar-refractivity contribution in [3.05, 3.63) is 28.0 Å². The monoisotopic (exact) mass is 354 g/mol. The van der Waals surface area contributed by atoms with Crippen LogP contribution in [0.25, 0.3) is 0 Å². The summed E-state index contributed by atoms with van der Waals surface area (Å²) in [5.41, 5.74) is 2.20. The molecule has 1 unspecified atom stereocenters. The first kappa shape index (κ1) is 15.3. The molecule has 1 aliphatic heterocycles. The van der Waals surface area contributed by atoms with Crippen molar-refractivity contribution in [1.29, 1.82) is 0 Å². The van der Waals surface area contributed by atoms with Crippen LogP contribution >= 0.6 is 15.9 Å². The minimum Gasteiger partial charge on any atom is -0.368 e. The largest absolute Gasteiger partial charge is 0.368 e. The van der Waals surface area contributed by atoms with Crippen LogP contribution in [0.3, 0.4) is 0 Å². The quantitative estimate of drug-likeness (QED) is 0.853. The number of halogens is 2. The van der Waals surface area contributed by atoms with Gasteiger partial charge in [-0.1, -0.05) is 19.3 Å². The van der Waals surface area contributed by atoms with Gasteiger partial charge in [0.1, 0.15) is 5.82 Å². The summed E-state index contributed by atoms with van der Waals surface area (Å²) in [4.78, 5) is 2.36. The summed E-state index contributed by atoms with van der Waals surface area (Å²) in [5.74, 6) is 0.630. The van der Waals surface area contributed by atoms with E-state index in [2.05, 4.69) is 33.1 Å². The van der Waals surface area contributed by atoms with E-state index in [1.807, 2.05) is 6.07 Å².